The summed E-state index contributed by atoms with van der Waals surface area (Å²) in [4.78, 5) is 36.5. The predicted octanol–water partition coefficient (Wildman–Crippen LogP) is 8.26. The molecule has 2 N–H and O–H groups in total. The van der Waals surface area contributed by atoms with E-state index in [2.05, 4.69) is 40.7 Å². The third-order valence-electron chi connectivity index (χ3n) is 22.1. The lowest BCUT2D eigenvalue weighted by atomic mass is 9.42. The summed E-state index contributed by atoms with van der Waals surface area (Å²) in [6.07, 6.45) is 19.2. The first-order valence-corrected chi connectivity index (χ1v) is 23.0. The van der Waals surface area contributed by atoms with Crippen molar-refractivity contribution in [2.75, 3.05) is 0 Å². The quantitative estimate of drug-likeness (QED) is 0.277. The van der Waals surface area contributed by atoms with E-state index in [0.717, 1.165) is 93.3 Å². The Kier molecular flexibility index (Phi) is 6.51. The first-order valence-electron chi connectivity index (χ1n) is 23.0. The Bertz CT molecular complexity index is 1800. The van der Waals surface area contributed by atoms with Crippen molar-refractivity contribution in [1.29, 1.82) is 0 Å². The summed E-state index contributed by atoms with van der Waals surface area (Å²) in [6.45, 7) is 11.9. The summed E-state index contributed by atoms with van der Waals surface area (Å²) >= 11 is 0. The summed E-state index contributed by atoms with van der Waals surface area (Å²) in [5.74, 6) is 9.99. The zero-order valence-electron chi connectivity index (χ0n) is 33.7. The molecule has 1 aliphatic heterocycles. The van der Waals surface area contributed by atoms with Crippen molar-refractivity contribution in [3.63, 3.8) is 0 Å². The molecule has 0 aromatic rings. The van der Waals surface area contributed by atoms with Crippen LogP contribution >= 0.6 is 0 Å². The average Bonchev–Trinajstić information content (AvgIpc) is 3.96. The highest BCUT2D eigenvalue weighted by Gasteiger charge is 2.83. The van der Waals surface area contributed by atoms with Crippen molar-refractivity contribution in [1.82, 2.24) is 0 Å². The number of ether oxygens (including phenoxy) is 1. The van der Waals surface area contributed by atoms with Gasteiger partial charge in [0, 0.05) is 42.4 Å². The van der Waals surface area contributed by atoms with Crippen molar-refractivity contribution >= 4 is 17.5 Å². The summed E-state index contributed by atoms with van der Waals surface area (Å²) in [6, 6.07) is 0. The monoisotopic (exact) mass is 738 g/mol. The molecule has 11 saturated carbocycles. The van der Waals surface area contributed by atoms with Gasteiger partial charge >= 0.3 is 5.97 Å². The number of fused-ring (bicyclic) bond motifs is 22. The molecule has 13 aliphatic rings. The number of allylic oxidation sites excluding steroid dienone is 1. The van der Waals surface area contributed by atoms with Crippen LogP contribution in [0.2, 0.25) is 0 Å². The molecule has 0 radical (unpaired) electrons. The van der Waals surface area contributed by atoms with E-state index in [0.29, 0.717) is 72.4 Å². The minimum Gasteiger partial charge on any atom is -0.458 e. The third kappa shape index (κ3) is 3.75. The Balaban J connectivity index is 0.000000120. The Morgan fingerprint density at radius 3 is 2.13 bits per heavy atom. The number of hydrogen-bond donors (Lipinski definition) is 2. The van der Waals surface area contributed by atoms with E-state index in [1.54, 1.807) is 0 Å². The zero-order valence-corrected chi connectivity index (χ0v) is 33.7. The van der Waals surface area contributed by atoms with Crippen molar-refractivity contribution in [2.24, 2.45) is 105 Å². The molecule has 54 heavy (non-hydrogen) atoms. The van der Waals surface area contributed by atoms with E-state index < -0.39 is 11.2 Å². The van der Waals surface area contributed by atoms with Crippen LogP contribution in [0, 0.1) is 105 Å². The summed E-state index contributed by atoms with van der Waals surface area (Å²) < 4.78 is 6.22. The molecule has 1 saturated heterocycles. The Morgan fingerprint density at radius 1 is 0.685 bits per heavy atom. The molecular weight excluding hydrogens is 673 g/mol. The molecular formula is C48H66O6. The smallest absolute Gasteiger partial charge is 0.306 e. The van der Waals surface area contributed by atoms with Gasteiger partial charge < -0.3 is 14.9 Å². The summed E-state index contributed by atoms with van der Waals surface area (Å²) in [5.41, 5.74) is 0.622. The van der Waals surface area contributed by atoms with Gasteiger partial charge in [-0.1, -0.05) is 46.6 Å². The summed E-state index contributed by atoms with van der Waals surface area (Å²) in [7, 11) is 0. The number of rotatable bonds is 2. The number of Topliss-reactive ketones (excluding diaryl/α,β-unsaturated/α-hetero) is 1. The molecule has 12 fully saturated rings. The average molecular weight is 739 g/mol. The van der Waals surface area contributed by atoms with Crippen LogP contribution in [0.25, 0.3) is 0 Å². The van der Waals surface area contributed by atoms with E-state index in [-0.39, 0.29) is 39.0 Å². The fourth-order valence-corrected chi connectivity index (χ4v) is 19.7. The summed E-state index contributed by atoms with van der Waals surface area (Å²) in [5, 5.41) is 23.6. The van der Waals surface area contributed by atoms with Crippen LogP contribution in [0.4, 0.5) is 0 Å². The van der Waals surface area contributed by atoms with Gasteiger partial charge in [0.25, 0.3) is 0 Å². The maximum atomic E-state index is 12.2. The van der Waals surface area contributed by atoms with Crippen LogP contribution in [0.1, 0.15) is 144 Å². The van der Waals surface area contributed by atoms with Gasteiger partial charge in [-0.3, -0.25) is 14.4 Å². The molecule has 12 aliphatic carbocycles. The van der Waals surface area contributed by atoms with E-state index in [9.17, 15) is 24.6 Å². The van der Waals surface area contributed by atoms with Gasteiger partial charge in [0.05, 0.1) is 11.2 Å². The van der Waals surface area contributed by atoms with Gasteiger partial charge in [-0.15, -0.1) is 0 Å². The fraction of sp³-hybridized carbons (Fsp3) is 0.896. The first kappa shape index (κ1) is 34.5. The van der Waals surface area contributed by atoms with Gasteiger partial charge in [-0.2, -0.15) is 0 Å². The molecule has 21 atom stereocenters. The first-order chi connectivity index (χ1) is 25.6. The molecule has 1 heterocycles. The van der Waals surface area contributed by atoms with Crippen LogP contribution in [0.3, 0.4) is 0 Å². The van der Waals surface area contributed by atoms with Crippen LogP contribution < -0.4 is 0 Å². The molecule has 0 aromatic carbocycles. The van der Waals surface area contributed by atoms with E-state index in [4.69, 9.17) is 4.74 Å². The minimum absolute atomic E-state index is 0.0561. The van der Waals surface area contributed by atoms with Gasteiger partial charge in [-0.25, -0.2) is 0 Å². The molecule has 0 bridgehead atoms. The van der Waals surface area contributed by atoms with Crippen LogP contribution in [0.15, 0.2) is 11.6 Å². The number of esters is 1. The van der Waals surface area contributed by atoms with Crippen LogP contribution in [0.5, 0.6) is 0 Å². The second kappa shape index (κ2) is 10.2. The zero-order chi connectivity index (χ0) is 37.3. The Morgan fingerprint density at radius 2 is 1.37 bits per heavy atom. The molecule has 6 nitrogen and oxygen atoms in total. The predicted molar refractivity (Wildman–Crippen MR) is 202 cm³/mol. The highest BCUT2D eigenvalue weighted by molar-refractivity contribution is 5.92. The molecule has 10 unspecified atom stereocenters. The van der Waals surface area contributed by atoms with Gasteiger partial charge in [0.15, 0.2) is 5.78 Å². The molecule has 0 amide bonds. The number of carbonyl (C=O) groups excluding carboxylic acids is 3. The SMILES string of the molecule is CCC[C@]1(O)C2C[C@H]2C2C3C4C[C@H]4[C@]4(O)CC(=O)CC[C@]4(C)C3CC[C@@]21C.C[C@]12CCC(=O)C=C1[C@@H]1CC1C1C2CC[C@@]2(C)C1[C@@H]1CC1[C@@]21CCC(=O)O1. The van der Waals surface area contributed by atoms with Gasteiger partial charge in [0.1, 0.15) is 11.4 Å². The maximum absolute atomic E-state index is 12.2. The molecule has 6 heteroatoms. The standard InChI is InChI=1S/C24H30O3.C24H36O3/c1-22-6-3-12(25)9-17(22)13-10-14(13)20-16(22)4-7-23(2)21(20)15-11-18(15)24(23)8-5-19(26)27-24;1-4-7-23(26)18-11-15(18)20-19-14-10-17(14)24(27)12-13(25)5-8-21(24,2)16(19)6-9-22(20,23)3/h9,13-16,18,20-21H,3-8,10-11H2,1-2H3;14-20,26-27H,4-12H2,1-3H3/t13-,14?,15-,16?,18?,20?,21?,22-,23+,24+;14?,15-,16?,17-,18?,19?,20?,21-,22+,23+,24-/m11/s1. The molecule has 13 rings (SSSR count). The maximum Gasteiger partial charge on any atom is 0.306 e. The second-order valence-corrected chi connectivity index (χ2v) is 23.4. The van der Waals surface area contributed by atoms with E-state index in [1.807, 2.05) is 0 Å². The molecule has 294 valence electrons. The number of hydrogen-bond acceptors (Lipinski definition) is 6. The highest BCUT2D eigenvalue weighted by atomic mass is 16.6. The van der Waals surface area contributed by atoms with Crippen LogP contribution in [-0.4, -0.2) is 44.6 Å². The lowest BCUT2D eigenvalue weighted by molar-refractivity contribution is -0.223. The largest absolute Gasteiger partial charge is 0.458 e. The van der Waals surface area contributed by atoms with E-state index in [1.165, 1.54) is 37.7 Å². The Hall–Kier alpha value is -1.53. The topological polar surface area (TPSA) is 101 Å². The normalized spacial score (nSPS) is 63.8. The fourth-order valence-electron chi connectivity index (χ4n) is 19.7. The minimum atomic E-state index is -0.747. The van der Waals surface area contributed by atoms with Crippen molar-refractivity contribution in [2.45, 2.75) is 161 Å². The number of carbonyl (C=O) groups is 3. The lowest BCUT2D eigenvalue weighted by Gasteiger charge is -2.64. The second-order valence-electron chi connectivity index (χ2n) is 23.4. The van der Waals surface area contributed by atoms with Crippen molar-refractivity contribution < 1.29 is 29.3 Å². The Labute approximate surface area is 322 Å². The van der Waals surface area contributed by atoms with Gasteiger partial charge in [0.2, 0.25) is 0 Å². The molecule has 1 spiro atoms. The molecule has 0 aromatic heterocycles. The van der Waals surface area contributed by atoms with Crippen LogP contribution in [-0.2, 0) is 19.1 Å². The highest BCUT2D eigenvalue weighted by Crippen LogP contribution is 2.84. The van der Waals surface area contributed by atoms with Crippen molar-refractivity contribution in [3.05, 3.63) is 11.6 Å². The number of aliphatic hydroxyl groups is 2. The van der Waals surface area contributed by atoms with Crippen molar-refractivity contribution in [3.8, 4) is 0 Å². The number of ketones is 2. The van der Waals surface area contributed by atoms with Gasteiger partial charge in [-0.05, 0) is 171 Å². The third-order valence-corrected chi connectivity index (χ3v) is 22.1. The van der Waals surface area contributed by atoms with E-state index >= 15 is 0 Å². The lowest BCUT2D eigenvalue weighted by Crippen LogP contribution is -2.65.